The molecule has 0 nitrogen and oxygen atoms in total. The molecule has 12 heavy (non-hydrogen) atoms. The first-order chi connectivity index (χ1) is 5.41. The van der Waals surface area contributed by atoms with E-state index in [1.54, 1.807) is 0 Å². The van der Waals surface area contributed by atoms with E-state index in [1.807, 2.05) is 42.5 Å². The third kappa shape index (κ3) is 12.1. The maximum atomic E-state index is 5.00. The van der Waals surface area contributed by atoms with Crippen LogP contribution in [0.15, 0.2) is 48.6 Å². The Hall–Kier alpha value is -0.664. The second-order valence-corrected chi connectivity index (χ2v) is 1.99. The van der Waals surface area contributed by atoms with Crippen LogP contribution in [-0.4, -0.2) is 0 Å². The monoisotopic (exact) mass is 205 g/mol. The molecular formula is C11H14Co. The molecule has 0 N–H and O–H groups in total. The molecule has 0 aliphatic heterocycles. The molecular weight excluding hydrogens is 191 g/mol. The summed E-state index contributed by atoms with van der Waals surface area (Å²) < 4.78 is 0. The van der Waals surface area contributed by atoms with Crippen molar-refractivity contribution in [3.8, 4) is 0 Å². The van der Waals surface area contributed by atoms with Crippen molar-refractivity contribution >= 4 is 0 Å². The molecule has 1 radical (unpaired) electrons. The normalized spacial score (nSPS) is 8.08. The van der Waals surface area contributed by atoms with Gasteiger partial charge >= 0.3 is 16.8 Å². The fourth-order valence-electron chi connectivity index (χ4n) is 0.535. The van der Waals surface area contributed by atoms with Gasteiger partial charge in [0.05, 0.1) is 0 Å². The summed E-state index contributed by atoms with van der Waals surface area (Å²) in [5.41, 5.74) is 0. The van der Waals surface area contributed by atoms with E-state index in [0.29, 0.717) is 0 Å². The molecule has 0 fully saturated rings. The van der Waals surface area contributed by atoms with Gasteiger partial charge in [-0.2, -0.15) is 24.3 Å². The smallest absolute Gasteiger partial charge is 0.293 e. The Labute approximate surface area is 85.6 Å². The van der Waals surface area contributed by atoms with Gasteiger partial charge in [-0.25, -0.2) is 24.3 Å². The quantitative estimate of drug-likeness (QED) is 0.513. The minimum atomic E-state index is 0. The molecule has 0 aliphatic rings. The van der Waals surface area contributed by atoms with Crippen molar-refractivity contribution < 1.29 is 16.8 Å². The molecule has 0 saturated carbocycles. The molecule has 0 aromatic heterocycles. The summed E-state index contributed by atoms with van der Waals surface area (Å²) >= 11 is 0. The van der Waals surface area contributed by atoms with Gasteiger partial charge in [-0.15, -0.1) is 0 Å². The summed E-state index contributed by atoms with van der Waals surface area (Å²) in [5, 5.41) is 0. The van der Waals surface area contributed by atoms with Crippen molar-refractivity contribution in [1.29, 1.82) is 0 Å². The molecule has 1 aromatic carbocycles. The zero-order chi connectivity index (χ0) is 8.36. The third-order valence-corrected chi connectivity index (χ3v) is 1.04. The molecule has 1 rings (SSSR count). The minimum absolute atomic E-state index is 0. The Kier molecular flexibility index (Phi) is 15.0. The number of rotatable bonds is 2. The second-order valence-electron chi connectivity index (χ2n) is 1.99. The molecule has 1 aromatic rings. The summed E-state index contributed by atoms with van der Waals surface area (Å²) in [4.78, 5) is 0. The molecule has 1 heteroatoms. The SMILES string of the molecule is [CH-]=CC=CCC.[Co+2].c1cc[cH-]c1. The van der Waals surface area contributed by atoms with Crippen molar-refractivity contribution in [1.82, 2.24) is 0 Å². The fraction of sp³-hybridized carbons (Fsp3) is 0.182. The standard InChI is InChI=1S/C6H9.C5H5.Co/c1-3-5-6-4-2;1-2-4-5-3-1;/h1,3,5-6H,4H2,2H3;1-5H;/q2*-1;+2. The van der Waals surface area contributed by atoms with E-state index >= 15 is 0 Å². The van der Waals surface area contributed by atoms with Crippen LogP contribution in [-0.2, 0) is 16.8 Å². The summed E-state index contributed by atoms with van der Waals surface area (Å²) in [5.74, 6) is 0. The van der Waals surface area contributed by atoms with Gasteiger partial charge in [0.15, 0.2) is 0 Å². The maximum absolute atomic E-state index is 5.00. The van der Waals surface area contributed by atoms with Crippen molar-refractivity contribution in [3.63, 3.8) is 0 Å². The molecule has 0 unspecified atom stereocenters. The Morgan fingerprint density at radius 1 is 1.33 bits per heavy atom. The summed E-state index contributed by atoms with van der Waals surface area (Å²) in [6.45, 7) is 7.07. The first-order valence-electron chi connectivity index (χ1n) is 3.78. The van der Waals surface area contributed by atoms with E-state index in [2.05, 4.69) is 6.92 Å². The third-order valence-electron chi connectivity index (χ3n) is 1.04. The van der Waals surface area contributed by atoms with Crippen molar-refractivity contribution in [2.75, 3.05) is 0 Å². The van der Waals surface area contributed by atoms with Gasteiger partial charge in [-0.05, 0) is 0 Å². The van der Waals surface area contributed by atoms with Gasteiger partial charge in [0.25, 0.3) is 0 Å². The zero-order valence-electron chi connectivity index (χ0n) is 7.24. The van der Waals surface area contributed by atoms with E-state index in [4.69, 9.17) is 6.58 Å². The van der Waals surface area contributed by atoms with Crippen LogP contribution < -0.4 is 0 Å². The Morgan fingerprint density at radius 2 is 1.92 bits per heavy atom. The van der Waals surface area contributed by atoms with E-state index in [9.17, 15) is 0 Å². The molecule has 0 saturated heterocycles. The van der Waals surface area contributed by atoms with Crippen molar-refractivity contribution in [3.05, 3.63) is 55.1 Å². The average Bonchev–Trinajstić information content (AvgIpc) is 2.57. The molecule has 0 amide bonds. The Morgan fingerprint density at radius 3 is 2.08 bits per heavy atom. The number of allylic oxidation sites excluding steroid dienone is 3. The van der Waals surface area contributed by atoms with Crippen LogP contribution in [0, 0.1) is 6.58 Å². The van der Waals surface area contributed by atoms with Crippen molar-refractivity contribution in [2.45, 2.75) is 13.3 Å². The van der Waals surface area contributed by atoms with Gasteiger partial charge < -0.3 is 0 Å². The first kappa shape index (κ1) is 13.9. The predicted molar refractivity (Wildman–Crippen MR) is 50.3 cm³/mol. The maximum Gasteiger partial charge on any atom is 2.00 e. The molecule has 0 aliphatic carbocycles. The fourth-order valence-corrected chi connectivity index (χ4v) is 0.535. The average molecular weight is 205 g/mol. The largest absolute Gasteiger partial charge is 2.00 e. The summed E-state index contributed by atoms with van der Waals surface area (Å²) in [6.07, 6.45) is 6.43. The van der Waals surface area contributed by atoms with Crippen LogP contribution in [0.4, 0.5) is 0 Å². The topological polar surface area (TPSA) is 0 Å². The molecule has 0 spiro atoms. The van der Waals surface area contributed by atoms with Crippen molar-refractivity contribution in [2.24, 2.45) is 0 Å². The van der Waals surface area contributed by atoms with Gasteiger partial charge in [0.2, 0.25) is 0 Å². The molecule has 67 valence electrons. The van der Waals surface area contributed by atoms with Gasteiger partial charge in [0, 0.05) is 0 Å². The van der Waals surface area contributed by atoms with Gasteiger partial charge in [-0.3, -0.25) is 6.58 Å². The van der Waals surface area contributed by atoms with Crippen LogP contribution in [0.2, 0.25) is 0 Å². The Bertz CT molecular complexity index is 156. The first-order valence-corrected chi connectivity index (χ1v) is 3.78. The summed E-state index contributed by atoms with van der Waals surface area (Å²) in [6, 6.07) is 10.0. The molecule has 0 bridgehead atoms. The Balaban J connectivity index is 0. The number of hydrogen-bond donors (Lipinski definition) is 0. The van der Waals surface area contributed by atoms with Gasteiger partial charge in [0.1, 0.15) is 0 Å². The van der Waals surface area contributed by atoms with E-state index in [0.717, 1.165) is 6.42 Å². The van der Waals surface area contributed by atoms with E-state index in [-0.39, 0.29) is 16.8 Å². The van der Waals surface area contributed by atoms with Gasteiger partial charge in [-0.1, -0.05) is 13.3 Å². The molecule has 0 atom stereocenters. The van der Waals surface area contributed by atoms with Crippen LogP contribution in [0.1, 0.15) is 13.3 Å². The molecule has 0 heterocycles. The zero-order valence-corrected chi connectivity index (χ0v) is 8.28. The van der Waals surface area contributed by atoms with Crippen LogP contribution >= 0.6 is 0 Å². The summed E-state index contributed by atoms with van der Waals surface area (Å²) in [7, 11) is 0. The van der Waals surface area contributed by atoms with E-state index < -0.39 is 0 Å². The van der Waals surface area contributed by atoms with Crippen LogP contribution in [0.5, 0.6) is 0 Å². The minimum Gasteiger partial charge on any atom is -0.293 e. The second kappa shape index (κ2) is 13.0. The number of hydrogen-bond acceptors (Lipinski definition) is 0. The van der Waals surface area contributed by atoms with E-state index in [1.165, 1.54) is 6.08 Å². The predicted octanol–water partition coefficient (Wildman–Crippen LogP) is 3.34. The van der Waals surface area contributed by atoms with Crippen LogP contribution in [0.3, 0.4) is 0 Å². The van der Waals surface area contributed by atoms with Crippen LogP contribution in [0.25, 0.3) is 0 Å².